The Bertz CT molecular complexity index is 1410. The molecule has 0 spiro atoms. The van der Waals surface area contributed by atoms with Crippen LogP contribution in [-0.2, 0) is 4.79 Å². The van der Waals surface area contributed by atoms with Gasteiger partial charge in [0.15, 0.2) is 5.16 Å². The summed E-state index contributed by atoms with van der Waals surface area (Å²) in [6.45, 7) is 0. The molecule has 3 aromatic carbocycles. The van der Waals surface area contributed by atoms with E-state index in [1.807, 2.05) is 0 Å². The molecule has 33 heavy (non-hydrogen) atoms. The standard InChI is InChI=1S/C23H16ClF2N3O3S/c1-32-16-6-4-15(5-7-16)27-21(30)12-33-23-28-19-8-2-13(24)10-17(19)22(31)29(23)20-9-3-14(25)11-18(20)26/h2-11H,12H2,1H3,(H,27,30). The number of hydrogen-bond acceptors (Lipinski definition) is 5. The highest BCUT2D eigenvalue weighted by Crippen LogP contribution is 2.25. The number of fused-ring (bicyclic) bond motifs is 1. The van der Waals surface area contributed by atoms with Gasteiger partial charge in [0.1, 0.15) is 17.4 Å². The summed E-state index contributed by atoms with van der Waals surface area (Å²) in [5.74, 6) is -1.55. The Balaban J connectivity index is 1.69. The number of rotatable bonds is 6. The number of carbonyl (C=O) groups is 1. The molecule has 6 nitrogen and oxygen atoms in total. The van der Waals surface area contributed by atoms with E-state index in [0.717, 1.165) is 28.5 Å². The summed E-state index contributed by atoms with van der Waals surface area (Å²) in [5.41, 5.74) is 0.116. The maximum Gasteiger partial charge on any atom is 0.266 e. The minimum absolute atomic E-state index is 0.0743. The molecule has 1 aromatic heterocycles. The molecule has 0 bridgehead atoms. The second-order valence-electron chi connectivity index (χ2n) is 6.86. The first-order valence-electron chi connectivity index (χ1n) is 9.60. The zero-order chi connectivity index (χ0) is 23.5. The lowest BCUT2D eigenvalue weighted by Crippen LogP contribution is -2.24. The molecule has 0 unspecified atom stereocenters. The van der Waals surface area contributed by atoms with Gasteiger partial charge in [0, 0.05) is 16.8 Å². The average Bonchev–Trinajstić information content (AvgIpc) is 2.79. The Morgan fingerprint density at radius 2 is 1.88 bits per heavy atom. The van der Waals surface area contributed by atoms with Crippen molar-refractivity contribution in [1.29, 1.82) is 0 Å². The van der Waals surface area contributed by atoms with Crippen molar-refractivity contribution in [3.05, 3.63) is 87.7 Å². The van der Waals surface area contributed by atoms with Crippen LogP contribution in [0.4, 0.5) is 14.5 Å². The smallest absolute Gasteiger partial charge is 0.266 e. The number of hydrogen-bond donors (Lipinski definition) is 1. The topological polar surface area (TPSA) is 73.2 Å². The summed E-state index contributed by atoms with van der Waals surface area (Å²) in [7, 11) is 1.54. The monoisotopic (exact) mass is 487 g/mol. The number of amides is 1. The maximum absolute atomic E-state index is 14.6. The molecule has 0 aliphatic heterocycles. The molecule has 168 valence electrons. The lowest BCUT2D eigenvalue weighted by atomic mass is 10.2. The molecule has 0 aliphatic rings. The predicted molar refractivity (Wildman–Crippen MR) is 125 cm³/mol. The molecule has 1 amide bonds. The zero-order valence-electron chi connectivity index (χ0n) is 17.1. The number of benzene rings is 3. The SMILES string of the molecule is COc1ccc(NC(=O)CSc2nc3ccc(Cl)cc3c(=O)n2-c2ccc(F)cc2F)cc1. The van der Waals surface area contributed by atoms with Gasteiger partial charge in [0.25, 0.3) is 5.56 Å². The average molecular weight is 488 g/mol. The maximum atomic E-state index is 14.6. The summed E-state index contributed by atoms with van der Waals surface area (Å²) >= 11 is 6.96. The number of nitrogens with zero attached hydrogens (tertiary/aromatic N) is 2. The number of nitrogens with one attached hydrogen (secondary N) is 1. The quantitative estimate of drug-likeness (QED) is 0.304. The van der Waals surface area contributed by atoms with Crippen LogP contribution in [0, 0.1) is 11.6 Å². The number of ether oxygens (including phenoxy) is 1. The van der Waals surface area contributed by atoms with E-state index in [0.29, 0.717) is 28.0 Å². The van der Waals surface area contributed by atoms with Gasteiger partial charge in [-0.3, -0.25) is 14.2 Å². The van der Waals surface area contributed by atoms with Crippen LogP contribution in [0.15, 0.2) is 70.6 Å². The first-order chi connectivity index (χ1) is 15.9. The number of carbonyl (C=O) groups excluding carboxylic acids is 1. The van der Waals surface area contributed by atoms with E-state index in [1.54, 1.807) is 36.4 Å². The number of methoxy groups -OCH3 is 1. The summed E-state index contributed by atoms with van der Waals surface area (Å²) in [5, 5.41) is 3.28. The molecule has 1 N–H and O–H groups in total. The highest BCUT2D eigenvalue weighted by atomic mass is 35.5. The normalized spacial score (nSPS) is 10.9. The molecule has 0 aliphatic carbocycles. The van der Waals surface area contributed by atoms with Crippen LogP contribution in [0.1, 0.15) is 0 Å². The van der Waals surface area contributed by atoms with Crippen molar-refractivity contribution in [3.63, 3.8) is 0 Å². The zero-order valence-corrected chi connectivity index (χ0v) is 18.7. The van der Waals surface area contributed by atoms with Crippen molar-refractivity contribution in [1.82, 2.24) is 9.55 Å². The summed E-state index contributed by atoms with van der Waals surface area (Å²) < 4.78 is 34.1. The Kier molecular flexibility index (Phi) is 6.62. The van der Waals surface area contributed by atoms with Crippen LogP contribution in [-0.4, -0.2) is 28.3 Å². The Labute approximate surface area is 196 Å². The number of thioether (sulfide) groups is 1. The van der Waals surface area contributed by atoms with Gasteiger partial charge in [-0.05, 0) is 54.6 Å². The number of aromatic nitrogens is 2. The third-order valence-electron chi connectivity index (χ3n) is 4.66. The second kappa shape index (κ2) is 9.60. The minimum atomic E-state index is -0.940. The van der Waals surface area contributed by atoms with E-state index in [9.17, 15) is 18.4 Å². The molecule has 0 radical (unpaired) electrons. The lowest BCUT2D eigenvalue weighted by molar-refractivity contribution is -0.113. The van der Waals surface area contributed by atoms with Crippen LogP contribution >= 0.6 is 23.4 Å². The third kappa shape index (κ3) is 4.99. The molecule has 4 aromatic rings. The van der Waals surface area contributed by atoms with Gasteiger partial charge < -0.3 is 10.1 Å². The van der Waals surface area contributed by atoms with Crippen LogP contribution in [0.2, 0.25) is 5.02 Å². The Hall–Kier alpha value is -3.43. The van der Waals surface area contributed by atoms with Crippen molar-refractivity contribution in [3.8, 4) is 11.4 Å². The van der Waals surface area contributed by atoms with Crippen molar-refractivity contribution in [2.45, 2.75) is 5.16 Å². The first-order valence-corrected chi connectivity index (χ1v) is 11.0. The molecule has 0 fully saturated rings. The fraction of sp³-hybridized carbons (Fsp3) is 0.0870. The van der Waals surface area contributed by atoms with Gasteiger partial charge in [-0.2, -0.15) is 0 Å². The van der Waals surface area contributed by atoms with Gasteiger partial charge in [-0.25, -0.2) is 13.8 Å². The first kappa shape index (κ1) is 22.8. The van der Waals surface area contributed by atoms with Crippen LogP contribution < -0.4 is 15.6 Å². The second-order valence-corrected chi connectivity index (χ2v) is 8.24. The molecule has 4 rings (SSSR count). The minimum Gasteiger partial charge on any atom is -0.497 e. The van der Waals surface area contributed by atoms with E-state index in [1.165, 1.54) is 13.2 Å². The van der Waals surface area contributed by atoms with Crippen molar-refractivity contribution in [2.75, 3.05) is 18.2 Å². The predicted octanol–water partition coefficient (Wildman–Crippen LogP) is 5.06. The molecule has 10 heteroatoms. The summed E-state index contributed by atoms with van der Waals surface area (Å²) in [4.78, 5) is 30.1. The fourth-order valence-corrected chi connectivity index (χ4v) is 4.09. The Morgan fingerprint density at radius 3 is 2.58 bits per heavy atom. The molecule has 0 atom stereocenters. The number of anilines is 1. The molecule has 0 saturated carbocycles. The van der Waals surface area contributed by atoms with E-state index >= 15 is 0 Å². The van der Waals surface area contributed by atoms with Crippen molar-refractivity contribution in [2.24, 2.45) is 0 Å². The van der Waals surface area contributed by atoms with Crippen LogP contribution in [0.5, 0.6) is 5.75 Å². The highest BCUT2D eigenvalue weighted by Gasteiger charge is 2.18. The third-order valence-corrected chi connectivity index (χ3v) is 5.83. The molecular formula is C23H16ClF2N3O3S. The largest absolute Gasteiger partial charge is 0.497 e. The molecular weight excluding hydrogens is 472 g/mol. The van der Waals surface area contributed by atoms with Gasteiger partial charge >= 0.3 is 0 Å². The molecule has 1 heterocycles. The van der Waals surface area contributed by atoms with Gasteiger partial charge in [-0.1, -0.05) is 23.4 Å². The highest BCUT2D eigenvalue weighted by molar-refractivity contribution is 7.99. The van der Waals surface area contributed by atoms with E-state index in [-0.39, 0.29) is 27.9 Å². The fourth-order valence-electron chi connectivity index (χ4n) is 3.11. The van der Waals surface area contributed by atoms with E-state index in [4.69, 9.17) is 16.3 Å². The van der Waals surface area contributed by atoms with Crippen LogP contribution in [0.25, 0.3) is 16.6 Å². The van der Waals surface area contributed by atoms with Gasteiger partial charge in [0.05, 0.1) is 29.5 Å². The van der Waals surface area contributed by atoms with E-state index < -0.39 is 17.2 Å². The van der Waals surface area contributed by atoms with Gasteiger partial charge in [0.2, 0.25) is 5.91 Å². The van der Waals surface area contributed by atoms with Crippen LogP contribution in [0.3, 0.4) is 0 Å². The number of halogens is 3. The molecule has 0 saturated heterocycles. The lowest BCUT2D eigenvalue weighted by Gasteiger charge is -2.14. The van der Waals surface area contributed by atoms with Crippen molar-refractivity contribution < 1.29 is 18.3 Å². The van der Waals surface area contributed by atoms with Crippen molar-refractivity contribution >= 4 is 45.9 Å². The Morgan fingerprint density at radius 1 is 1.12 bits per heavy atom. The van der Waals surface area contributed by atoms with E-state index in [2.05, 4.69) is 10.3 Å². The summed E-state index contributed by atoms with van der Waals surface area (Å²) in [6, 6.07) is 14.2. The summed E-state index contributed by atoms with van der Waals surface area (Å²) in [6.07, 6.45) is 0. The van der Waals surface area contributed by atoms with Gasteiger partial charge in [-0.15, -0.1) is 0 Å².